The summed E-state index contributed by atoms with van der Waals surface area (Å²) in [6, 6.07) is 6.50. The van der Waals surface area contributed by atoms with Crippen molar-refractivity contribution in [2.75, 3.05) is 6.54 Å². The summed E-state index contributed by atoms with van der Waals surface area (Å²) >= 11 is 6.10. The van der Waals surface area contributed by atoms with Gasteiger partial charge in [-0.15, -0.1) is 0 Å². The lowest BCUT2D eigenvalue weighted by Crippen LogP contribution is -2.32. The lowest BCUT2D eigenvalue weighted by atomic mass is 9.85. The number of hydrogen-bond acceptors (Lipinski definition) is 2. The van der Waals surface area contributed by atoms with Gasteiger partial charge in [-0.2, -0.15) is 0 Å². The molecule has 0 amide bonds. The predicted octanol–water partition coefficient (Wildman–Crippen LogP) is 3.32. The molecule has 1 aromatic rings. The maximum Gasteiger partial charge on any atom is 0.0524 e. The average Bonchev–Trinajstić information content (AvgIpc) is 2.50. The molecule has 0 saturated carbocycles. The van der Waals surface area contributed by atoms with E-state index in [1.54, 1.807) is 0 Å². The van der Waals surface area contributed by atoms with Crippen molar-refractivity contribution in [3.63, 3.8) is 0 Å². The topological polar surface area (TPSA) is 32.3 Å². The fourth-order valence-electron chi connectivity index (χ4n) is 2.83. The van der Waals surface area contributed by atoms with Crippen molar-refractivity contribution in [1.82, 2.24) is 5.32 Å². The third-order valence-electron chi connectivity index (χ3n) is 3.76. The Labute approximate surface area is 114 Å². The van der Waals surface area contributed by atoms with Gasteiger partial charge < -0.3 is 10.4 Å². The number of aliphatic hydroxyl groups excluding tert-OH is 1. The van der Waals surface area contributed by atoms with Crippen LogP contribution in [0.25, 0.3) is 0 Å². The molecule has 1 aliphatic carbocycles. The maximum atomic E-state index is 9.33. The van der Waals surface area contributed by atoms with E-state index in [1.807, 2.05) is 13.0 Å². The van der Waals surface area contributed by atoms with E-state index in [0.29, 0.717) is 6.04 Å². The van der Waals surface area contributed by atoms with E-state index in [1.165, 1.54) is 11.1 Å². The Balaban J connectivity index is 2.15. The van der Waals surface area contributed by atoms with Crippen molar-refractivity contribution in [3.05, 3.63) is 34.3 Å². The van der Waals surface area contributed by atoms with Crippen molar-refractivity contribution in [2.45, 2.75) is 45.8 Å². The second-order valence-corrected chi connectivity index (χ2v) is 6.47. The Morgan fingerprint density at radius 1 is 1.50 bits per heavy atom. The third-order valence-corrected chi connectivity index (χ3v) is 3.99. The molecule has 2 rings (SSSR count). The van der Waals surface area contributed by atoms with Gasteiger partial charge in [-0.3, -0.25) is 0 Å². The number of benzene rings is 1. The molecule has 18 heavy (non-hydrogen) atoms. The first-order valence-electron chi connectivity index (χ1n) is 6.60. The van der Waals surface area contributed by atoms with Crippen LogP contribution in [-0.2, 0) is 6.42 Å². The molecule has 3 heteroatoms. The summed E-state index contributed by atoms with van der Waals surface area (Å²) in [6.07, 6.45) is 1.61. The summed E-state index contributed by atoms with van der Waals surface area (Å²) in [5, 5.41) is 13.7. The molecule has 0 spiro atoms. The molecule has 2 nitrogen and oxygen atoms in total. The predicted molar refractivity (Wildman–Crippen MR) is 76.0 cm³/mol. The molecule has 2 atom stereocenters. The number of rotatable bonds is 4. The van der Waals surface area contributed by atoms with E-state index in [2.05, 4.69) is 31.3 Å². The SMILES string of the molecule is CC(O)CCNC1c2cc(Cl)ccc2CC1(C)C. The lowest BCUT2D eigenvalue weighted by molar-refractivity contribution is 0.176. The van der Waals surface area contributed by atoms with Crippen molar-refractivity contribution in [3.8, 4) is 0 Å². The van der Waals surface area contributed by atoms with Crippen molar-refractivity contribution in [2.24, 2.45) is 5.41 Å². The second kappa shape index (κ2) is 5.20. The van der Waals surface area contributed by atoms with Crippen molar-refractivity contribution < 1.29 is 5.11 Å². The van der Waals surface area contributed by atoms with Gasteiger partial charge >= 0.3 is 0 Å². The summed E-state index contributed by atoms with van der Waals surface area (Å²) in [5.41, 5.74) is 2.91. The first-order valence-corrected chi connectivity index (χ1v) is 6.98. The minimum atomic E-state index is -0.249. The molecular weight excluding hydrogens is 246 g/mol. The van der Waals surface area contributed by atoms with Gasteiger partial charge in [-0.1, -0.05) is 31.5 Å². The molecule has 2 N–H and O–H groups in total. The molecule has 1 aromatic carbocycles. The summed E-state index contributed by atoms with van der Waals surface area (Å²) in [7, 11) is 0. The highest BCUT2D eigenvalue weighted by Crippen LogP contribution is 2.45. The fraction of sp³-hybridized carbons (Fsp3) is 0.600. The first kappa shape index (κ1) is 13.9. The number of aliphatic hydroxyl groups is 1. The van der Waals surface area contributed by atoms with Gasteiger partial charge in [-0.05, 0) is 55.0 Å². The minimum absolute atomic E-state index is 0.200. The van der Waals surface area contributed by atoms with Gasteiger partial charge in [0.2, 0.25) is 0 Å². The highest BCUT2D eigenvalue weighted by atomic mass is 35.5. The van der Waals surface area contributed by atoms with Crippen LogP contribution in [0, 0.1) is 5.41 Å². The van der Waals surface area contributed by atoms with Crippen molar-refractivity contribution >= 4 is 11.6 Å². The average molecular weight is 268 g/mol. The largest absolute Gasteiger partial charge is 0.393 e. The zero-order chi connectivity index (χ0) is 13.3. The zero-order valence-corrected chi connectivity index (χ0v) is 12.1. The molecule has 0 saturated heterocycles. The summed E-state index contributed by atoms with van der Waals surface area (Å²) < 4.78 is 0. The summed E-state index contributed by atoms with van der Waals surface area (Å²) in [6.45, 7) is 7.21. The molecular formula is C15H22ClNO. The standard InChI is InChI=1S/C15H22ClNO/c1-10(18)6-7-17-14-13-8-12(16)5-4-11(13)9-15(14,2)3/h4-5,8,10,14,17-18H,6-7,9H2,1-3H3. The lowest BCUT2D eigenvalue weighted by Gasteiger charge is -2.29. The van der Waals surface area contributed by atoms with E-state index < -0.39 is 0 Å². The highest BCUT2D eigenvalue weighted by Gasteiger charge is 2.38. The fourth-order valence-corrected chi connectivity index (χ4v) is 3.01. The second-order valence-electron chi connectivity index (χ2n) is 6.03. The van der Waals surface area contributed by atoms with Crippen molar-refractivity contribution in [1.29, 1.82) is 0 Å². The monoisotopic (exact) mass is 267 g/mol. The Hall–Kier alpha value is -0.570. The van der Waals surface area contributed by atoms with E-state index in [0.717, 1.165) is 24.4 Å². The van der Waals surface area contributed by atoms with Gasteiger partial charge in [0.25, 0.3) is 0 Å². The van der Waals surface area contributed by atoms with Crippen LogP contribution < -0.4 is 5.32 Å². The normalized spacial score (nSPS) is 22.8. The Morgan fingerprint density at radius 3 is 2.89 bits per heavy atom. The number of halogens is 1. The van der Waals surface area contributed by atoms with Crippen LogP contribution in [0.15, 0.2) is 18.2 Å². The van der Waals surface area contributed by atoms with Crippen LogP contribution in [0.3, 0.4) is 0 Å². The number of nitrogens with one attached hydrogen (secondary N) is 1. The Bertz CT molecular complexity index is 429. The quantitative estimate of drug-likeness (QED) is 0.877. The van der Waals surface area contributed by atoms with E-state index in [9.17, 15) is 5.11 Å². The molecule has 2 unspecified atom stereocenters. The minimum Gasteiger partial charge on any atom is -0.393 e. The van der Waals surface area contributed by atoms with Crippen LogP contribution in [0.4, 0.5) is 0 Å². The molecule has 0 bridgehead atoms. The molecule has 0 radical (unpaired) electrons. The molecule has 0 fully saturated rings. The molecule has 0 aromatic heterocycles. The highest BCUT2D eigenvalue weighted by molar-refractivity contribution is 6.30. The summed E-state index contributed by atoms with van der Waals surface area (Å²) in [4.78, 5) is 0. The van der Waals surface area contributed by atoms with Gasteiger partial charge in [0.05, 0.1) is 6.10 Å². The van der Waals surface area contributed by atoms with Crippen LogP contribution >= 0.6 is 11.6 Å². The van der Waals surface area contributed by atoms with Crippen LogP contribution in [0.1, 0.15) is 44.4 Å². The van der Waals surface area contributed by atoms with Gasteiger partial charge in [0.1, 0.15) is 0 Å². The number of hydrogen-bond donors (Lipinski definition) is 2. The van der Waals surface area contributed by atoms with E-state index in [-0.39, 0.29) is 11.5 Å². The van der Waals surface area contributed by atoms with Crippen LogP contribution in [0.5, 0.6) is 0 Å². The zero-order valence-electron chi connectivity index (χ0n) is 11.3. The third kappa shape index (κ3) is 2.87. The molecule has 100 valence electrons. The Morgan fingerprint density at radius 2 is 2.22 bits per heavy atom. The van der Waals surface area contributed by atoms with Crippen LogP contribution in [0.2, 0.25) is 5.02 Å². The molecule has 0 aliphatic heterocycles. The Kier molecular flexibility index (Phi) is 4.00. The van der Waals surface area contributed by atoms with E-state index >= 15 is 0 Å². The van der Waals surface area contributed by atoms with Gasteiger partial charge in [0.15, 0.2) is 0 Å². The van der Waals surface area contributed by atoms with E-state index in [4.69, 9.17) is 11.6 Å². The van der Waals surface area contributed by atoms with Crippen LogP contribution in [-0.4, -0.2) is 17.8 Å². The smallest absolute Gasteiger partial charge is 0.0524 e. The molecule has 0 heterocycles. The van der Waals surface area contributed by atoms with Gasteiger partial charge in [-0.25, -0.2) is 0 Å². The maximum absolute atomic E-state index is 9.33. The molecule has 1 aliphatic rings. The number of fused-ring (bicyclic) bond motifs is 1. The summed E-state index contributed by atoms with van der Waals surface area (Å²) in [5.74, 6) is 0. The first-order chi connectivity index (χ1) is 8.40. The van der Waals surface area contributed by atoms with Gasteiger partial charge in [0, 0.05) is 11.1 Å².